The second-order valence-corrected chi connectivity index (χ2v) is 8.24. The van der Waals surface area contributed by atoms with Crippen LogP contribution < -0.4 is 4.74 Å². The van der Waals surface area contributed by atoms with E-state index in [0.29, 0.717) is 17.5 Å². The predicted molar refractivity (Wildman–Crippen MR) is 121 cm³/mol. The monoisotopic (exact) mass is 447 g/mol. The quantitative estimate of drug-likeness (QED) is 0.311. The van der Waals surface area contributed by atoms with Gasteiger partial charge in [-0.1, -0.05) is 35.1 Å². The average Bonchev–Trinajstić information content (AvgIpc) is 3.59. The Balaban J connectivity index is 1.45. The van der Waals surface area contributed by atoms with Crippen molar-refractivity contribution in [2.75, 3.05) is 7.11 Å². The summed E-state index contributed by atoms with van der Waals surface area (Å²) in [4.78, 5) is 4.49. The van der Waals surface area contributed by atoms with Gasteiger partial charge in [0, 0.05) is 22.2 Å². The maximum Gasteiger partial charge on any atom is 0.237 e. The van der Waals surface area contributed by atoms with E-state index in [1.807, 2.05) is 76.0 Å². The van der Waals surface area contributed by atoms with Gasteiger partial charge in [0.25, 0.3) is 0 Å². The van der Waals surface area contributed by atoms with Crippen molar-refractivity contribution in [1.29, 1.82) is 0 Å². The third-order valence-electron chi connectivity index (χ3n) is 4.57. The number of hydrogen-bond donors (Lipinski definition) is 0. The van der Waals surface area contributed by atoms with Crippen LogP contribution in [0.5, 0.6) is 5.75 Å². The molecule has 9 heteroatoms. The van der Waals surface area contributed by atoms with E-state index >= 15 is 0 Å². The van der Waals surface area contributed by atoms with Gasteiger partial charge in [-0.25, -0.2) is 0 Å². The van der Waals surface area contributed by atoms with Crippen molar-refractivity contribution in [3.05, 3.63) is 77.3 Å². The lowest BCUT2D eigenvalue weighted by Gasteiger charge is -2.10. The van der Waals surface area contributed by atoms with E-state index in [4.69, 9.17) is 9.26 Å². The van der Waals surface area contributed by atoms with Gasteiger partial charge in [-0.05, 0) is 47.8 Å². The highest BCUT2D eigenvalue weighted by atomic mass is 32.2. The molecule has 31 heavy (non-hydrogen) atoms. The summed E-state index contributed by atoms with van der Waals surface area (Å²) in [6, 6.07) is 19.8. The molecule has 0 amide bonds. The summed E-state index contributed by atoms with van der Waals surface area (Å²) in [5, 5.41) is 17.7. The molecule has 2 aromatic carbocycles. The Hall–Kier alpha value is -3.43. The highest BCUT2D eigenvalue weighted by Crippen LogP contribution is 2.30. The van der Waals surface area contributed by atoms with E-state index in [1.165, 1.54) is 11.8 Å². The highest BCUT2D eigenvalue weighted by molar-refractivity contribution is 7.98. The summed E-state index contributed by atoms with van der Waals surface area (Å²) in [6.45, 7) is 0. The lowest BCUT2D eigenvalue weighted by atomic mass is 10.2. The molecule has 0 N–H and O–H groups in total. The van der Waals surface area contributed by atoms with Crippen molar-refractivity contribution >= 4 is 23.1 Å². The highest BCUT2D eigenvalue weighted by Gasteiger charge is 2.18. The standard InChI is InChI=1S/C22H17N5O2S2/c1-28-18-9-7-15(8-10-18)21-24-25-22(27(21)17-5-3-2-4-6-17)31-14-19-23-20(26-29-19)16-11-12-30-13-16/h2-13H,14H2,1H3. The van der Waals surface area contributed by atoms with Crippen LogP contribution >= 0.6 is 23.1 Å². The fourth-order valence-electron chi connectivity index (χ4n) is 3.05. The van der Waals surface area contributed by atoms with Crippen LogP contribution in [0, 0.1) is 0 Å². The van der Waals surface area contributed by atoms with Gasteiger partial charge in [-0.15, -0.1) is 10.2 Å². The molecule has 0 bridgehead atoms. The van der Waals surface area contributed by atoms with Crippen molar-refractivity contribution in [3.63, 3.8) is 0 Å². The molecule has 0 saturated heterocycles. The topological polar surface area (TPSA) is 78.9 Å². The number of ether oxygens (including phenoxy) is 1. The van der Waals surface area contributed by atoms with Crippen LogP contribution in [0.4, 0.5) is 0 Å². The molecule has 0 radical (unpaired) electrons. The Morgan fingerprint density at radius 3 is 2.58 bits per heavy atom. The van der Waals surface area contributed by atoms with Crippen LogP contribution in [-0.2, 0) is 5.75 Å². The molecule has 5 rings (SSSR count). The number of aromatic nitrogens is 5. The van der Waals surface area contributed by atoms with Crippen LogP contribution in [0.2, 0.25) is 0 Å². The van der Waals surface area contributed by atoms with Crippen LogP contribution in [0.25, 0.3) is 28.5 Å². The Morgan fingerprint density at radius 1 is 1.00 bits per heavy atom. The van der Waals surface area contributed by atoms with Gasteiger partial charge in [0.15, 0.2) is 11.0 Å². The largest absolute Gasteiger partial charge is 0.497 e. The lowest BCUT2D eigenvalue weighted by molar-refractivity contribution is 0.391. The molecule has 0 aliphatic heterocycles. The van der Waals surface area contributed by atoms with Crippen LogP contribution in [0.3, 0.4) is 0 Å². The van der Waals surface area contributed by atoms with Gasteiger partial charge >= 0.3 is 0 Å². The minimum atomic E-state index is 0.491. The minimum Gasteiger partial charge on any atom is -0.497 e. The first-order valence-electron chi connectivity index (χ1n) is 9.45. The van der Waals surface area contributed by atoms with E-state index in [9.17, 15) is 0 Å². The third-order valence-corrected chi connectivity index (χ3v) is 6.17. The maximum absolute atomic E-state index is 5.42. The Labute approximate surface area is 186 Å². The Morgan fingerprint density at radius 2 is 1.84 bits per heavy atom. The van der Waals surface area contributed by atoms with Crippen molar-refractivity contribution in [3.8, 4) is 34.2 Å². The zero-order chi connectivity index (χ0) is 21.0. The zero-order valence-electron chi connectivity index (χ0n) is 16.5. The van der Waals surface area contributed by atoms with Gasteiger partial charge in [0.2, 0.25) is 11.7 Å². The molecule has 7 nitrogen and oxygen atoms in total. The normalized spacial score (nSPS) is 11.0. The summed E-state index contributed by atoms with van der Waals surface area (Å²) in [6.07, 6.45) is 0. The molecular weight excluding hydrogens is 430 g/mol. The molecule has 0 aliphatic carbocycles. The number of rotatable bonds is 7. The second kappa shape index (κ2) is 8.75. The molecule has 0 fully saturated rings. The number of thiophene rings is 1. The van der Waals surface area contributed by atoms with E-state index in [1.54, 1.807) is 18.4 Å². The fraction of sp³-hybridized carbons (Fsp3) is 0.0909. The fourth-order valence-corrected chi connectivity index (χ4v) is 4.47. The molecule has 154 valence electrons. The van der Waals surface area contributed by atoms with Crippen molar-refractivity contribution in [2.24, 2.45) is 0 Å². The van der Waals surface area contributed by atoms with Crippen molar-refractivity contribution in [2.45, 2.75) is 10.9 Å². The van der Waals surface area contributed by atoms with Crippen molar-refractivity contribution < 1.29 is 9.26 Å². The van der Waals surface area contributed by atoms with Gasteiger partial charge < -0.3 is 9.26 Å². The molecule has 0 saturated carbocycles. The second-order valence-electron chi connectivity index (χ2n) is 6.52. The number of nitrogens with zero attached hydrogens (tertiary/aromatic N) is 5. The van der Waals surface area contributed by atoms with E-state index in [0.717, 1.165) is 33.5 Å². The van der Waals surface area contributed by atoms with Gasteiger partial charge in [0.05, 0.1) is 12.9 Å². The first kappa shape index (κ1) is 19.5. The smallest absolute Gasteiger partial charge is 0.237 e. The Bertz CT molecular complexity index is 1270. The molecule has 5 aromatic rings. The first-order valence-corrected chi connectivity index (χ1v) is 11.4. The minimum absolute atomic E-state index is 0.491. The average molecular weight is 448 g/mol. The van der Waals surface area contributed by atoms with E-state index in [2.05, 4.69) is 20.3 Å². The molecule has 0 aliphatic rings. The van der Waals surface area contributed by atoms with Crippen molar-refractivity contribution in [1.82, 2.24) is 24.9 Å². The van der Waals surface area contributed by atoms with Gasteiger partial charge in [-0.3, -0.25) is 4.57 Å². The molecule has 0 atom stereocenters. The third kappa shape index (κ3) is 4.10. The summed E-state index contributed by atoms with van der Waals surface area (Å²) < 4.78 is 12.7. The first-order chi connectivity index (χ1) is 15.3. The number of benzene rings is 2. The summed E-state index contributed by atoms with van der Waals surface area (Å²) in [7, 11) is 1.65. The summed E-state index contributed by atoms with van der Waals surface area (Å²) in [5.41, 5.74) is 2.88. The number of methoxy groups -OCH3 is 1. The summed E-state index contributed by atoms with van der Waals surface area (Å²) >= 11 is 3.10. The maximum atomic E-state index is 5.42. The number of para-hydroxylation sites is 1. The SMILES string of the molecule is COc1ccc(-c2nnc(SCc3nc(-c4ccsc4)no3)n2-c2ccccc2)cc1. The number of hydrogen-bond acceptors (Lipinski definition) is 8. The Kier molecular flexibility index (Phi) is 5.51. The number of thioether (sulfide) groups is 1. The molecule has 3 aromatic heterocycles. The van der Waals surface area contributed by atoms with E-state index in [-0.39, 0.29) is 0 Å². The van der Waals surface area contributed by atoms with Crippen LogP contribution in [0.1, 0.15) is 5.89 Å². The van der Waals surface area contributed by atoms with E-state index < -0.39 is 0 Å². The summed E-state index contributed by atoms with van der Waals surface area (Å²) in [5.74, 6) is 3.17. The van der Waals surface area contributed by atoms with Gasteiger partial charge in [0.1, 0.15) is 5.75 Å². The van der Waals surface area contributed by atoms with Crippen LogP contribution in [0.15, 0.2) is 81.1 Å². The molecule has 3 heterocycles. The molecular formula is C22H17N5O2S2. The lowest BCUT2D eigenvalue weighted by Crippen LogP contribution is -1.99. The van der Waals surface area contributed by atoms with Gasteiger partial charge in [-0.2, -0.15) is 16.3 Å². The molecule has 0 unspecified atom stereocenters. The molecule has 0 spiro atoms. The predicted octanol–water partition coefficient (Wildman–Crippen LogP) is 5.35. The van der Waals surface area contributed by atoms with Crippen LogP contribution in [-0.4, -0.2) is 32.0 Å². The zero-order valence-corrected chi connectivity index (χ0v) is 18.1.